The fraction of sp³-hybridized carbons (Fsp3) is 0.312. The lowest BCUT2D eigenvalue weighted by molar-refractivity contribution is 0.101. The van der Waals surface area contributed by atoms with Crippen molar-refractivity contribution < 1.29 is 4.79 Å². The molecule has 112 valence electrons. The lowest BCUT2D eigenvalue weighted by atomic mass is 10.1. The summed E-state index contributed by atoms with van der Waals surface area (Å²) < 4.78 is 3.94. The number of halogens is 2. The highest BCUT2D eigenvalue weighted by Gasteiger charge is 2.15. The Kier molecular flexibility index (Phi) is 4.94. The number of aromatic nitrogens is 1. The first kappa shape index (κ1) is 16.3. The summed E-state index contributed by atoms with van der Waals surface area (Å²) in [4.78, 5) is 12.5. The Morgan fingerprint density at radius 2 is 1.71 bits per heavy atom. The summed E-state index contributed by atoms with van der Waals surface area (Å²) in [6.07, 6.45) is 1.93. The predicted octanol–water partition coefficient (Wildman–Crippen LogP) is 5.46. The van der Waals surface area contributed by atoms with Crippen molar-refractivity contribution >= 4 is 43.5 Å². The SMILES string of the molecule is Cc1cc(NC(=O)c2cc(Br)cn2C(C)C)cc(C)c1Br. The summed E-state index contributed by atoms with van der Waals surface area (Å²) in [5.74, 6) is -0.101. The van der Waals surface area contributed by atoms with Crippen LogP contribution in [0.5, 0.6) is 0 Å². The molecule has 0 saturated heterocycles. The number of aryl methyl sites for hydroxylation is 2. The number of anilines is 1. The van der Waals surface area contributed by atoms with Gasteiger partial charge < -0.3 is 9.88 Å². The summed E-state index contributed by atoms with van der Waals surface area (Å²) in [7, 11) is 0. The van der Waals surface area contributed by atoms with Gasteiger partial charge in [-0.3, -0.25) is 4.79 Å². The molecule has 1 heterocycles. The van der Waals surface area contributed by atoms with Crippen LogP contribution in [0.25, 0.3) is 0 Å². The van der Waals surface area contributed by atoms with Crippen LogP contribution in [0, 0.1) is 13.8 Å². The zero-order valence-corrected chi connectivity index (χ0v) is 15.7. The molecule has 0 saturated carbocycles. The van der Waals surface area contributed by atoms with Gasteiger partial charge in [0.15, 0.2) is 0 Å². The Morgan fingerprint density at radius 1 is 1.14 bits per heavy atom. The average molecular weight is 414 g/mol. The maximum atomic E-state index is 12.5. The smallest absolute Gasteiger partial charge is 0.272 e. The first-order valence-corrected chi connectivity index (χ1v) is 8.33. The monoisotopic (exact) mass is 412 g/mol. The topological polar surface area (TPSA) is 34.0 Å². The summed E-state index contributed by atoms with van der Waals surface area (Å²) >= 11 is 6.97. The van der Waals surface area contributed by atoms with Gasteiger partial charge in [0, 0.05) is 26.9 Å². The molecule has 3 nitrogen and oxygen atoms in total. The molecule has 2 aromatic rings. The van der Waals surface area contributed by atoms with E-state index in [4.69, 9.17) is 0 Å². The molecular weight excluding hydrogens is 396 g/mol. The van der Waals surface area contributed by atoms with E-state index in [1.807, 2.05) is 42.8 Å². The number of nitrogens with zero attached hydrogens (tertiary/aromatic N) is 1. The van der Waals surface area contributed by atoms with Gasteiger partial charge in [0.25, 0.3) is 5.91 Å². The van der Waals surface area contributed by atoms with Gasteiger partial charge in [-0.05, 0) is 73.0 Å². The van der Waals surface area contributed by atoms with E-state index in [0.29, 0.717) is 5.69 Å². The highest BCUT2D eigenvalue weighted by Crippen LogP contribution is 2.26. The average Bonchev–Trinajstić information content (AvgIpc) is 2.78. The molecule has 1 amide bonds. The van der Waals surface area contributed by atoms with E-state index in [1.165, 1.54) is 0 Å². The van der Waals surface area contributed by atoms with Crippen LogP contribution < -0.4 is 5.32 Å². The molecule has 0 atom stereocenters. The van der Waals surface area contributed by atoms with Crippen molar-refractivity contribution in [3.05, 3.63) is 50.2 Å². The maximum Gasteiger partial charge on any atom is 0.272 e. The Bertz CT molecular complexity index is 667. The highest BCUT2D eigenvalue weighted by molar-refractivity contribution is 9.10. The van der Waals surface area contributed by atoms with Crippen LogP contribution in [0.3, 0.4) is 0 Å². The Hall–Kier alpha value is -1.07. The number of amides is 1. The van der Waals surface area contributed by atoms with Gasteiger partial charge >= 0.3 is 0 Å². The van der Waals surface area contributed by atoms with Gasteiger partial charge in [-0.25, -0.2) is 0 Å². The van der Waals surface area contributed by atoms with Crippen molar-refractivity contribution in [2.75, 3.05) is 5.32 Å². The molecule has 2 rings (SSSR count). The summed E-state index contributed by atoms with van der Waals surface area (Å²) in [6, 6.07) is 6.00. The van der Waals surface area contributed by atoms with Crippen LogP contribution >= 0.6 is 31.9 Å². The van der Waals surface area contributed by atoms with E-state index in [9.17, 15) is 4.79 Å². The van der Waals surface area contributed by atoms with E-state index in [1.54, 1.807) is 0 Å². The molecular formula is C16H18Br2N2O. The van der Waals surface area contributed by atoms with Gasteiger partial charge in [-0.2, -0.15) is 0 Å². The van der Waals surface area contributed by atoms with E-state index in [0.717, 1.165) is 25.8 Å². The zero-order valence-electron chi connectivity index (χ0n) is 12.5. The predicted molar refractivity (Wildman–Crippen MR) is 94.1 cm³/mol. The Balaban J connectivity index is 2.30. The fourth-order valence-electron chi connectivity index (χ4n) is 2.27. The van der Waals surface area contributed by atoms with Crippen LogP contribution in [0.1, 0.15) is 41.5 Å². The molecule has 0 aliphatic carbocycles. The second-order valence-corrected chi connectivity index (χ2v) is 7.13. The molecule has 1 aromatic heterocycles. The molecule has 5 heteroatoms. The largest absolute Gasteiger partial charge is 0.340 e. The Morgan fingerprint density at radius 3 is 2.24 bits per heavy atom. The molecule has 0 unspecified atom stereocenters. The Labute approximate surface area is 142 Å². The lowest BCUT2D eigenvalue weighted by Crippen LogP contribution is -2.18. The molecule has 1 N–H and O–H groups in total. The zero-order chi connectivity index (χ0) is 15.7. The van der Waals surface area contributed by atoms with Crippen molar-refractivity contribution in [1.29, 1.82) is 0 Å². The minimum absolute atomic E-state index is 0.101. The number of benzene rings is 1. The molecule has 0 bridgehead atoms. The van der Waals surface area contributed by atoms with Crippen LogP contribution in [-0.2, 0) is 0 Å². The van der Waals surface area contributed by atoms with Crippen LogP contribution in [-0.4, -0.2) is 10.5 Å². The molecule has 21 heavy (non-hydrogen) atoms. The number of hydrogen-bond donors (Lipinski definition) is 1. The van der Waals surface area contributed by atoms with Crippen molar-refractivity contribution in [3.8, 4) is 0 Å². The third-order valence-electron chi connectivity index (χ3n) is 3.30. The van der Waals surface area contributed by atoms with E-state index < -0.39 is 0 Å². The van der Waals surface area contributed by atoms with Crippen LogP contribution in [0.15, 0.2) is 33.3 Å². The first-order chi connectivity index (χ1) is 9.79. The molecule has 0 aliphatic heterocycles. The number of nitrogens with one attached hydrogen (secondary N) is 1. The maximum absolute atomic E-state index is 12.5. The van der Waals surface area contributed by atoms with E-state index in [-0.39, 0.29) is 11.9 Å². The van der Waals surface area contributed by atoms with Crippen molar-refractivity contribution in [2.24, 2.45) is 0 Å². The van der Waals surface area contributed by atoms with Crippen molar-refractivity contribution in [3.63, 3.8) is 0 Å². The van der Waals surface area contributed by atoms with E-state index in [2.05, 4.69) is 51.0 Å². The van der Waals surface area contributed by atoms with Gasteiger partial charge in [0.2, 0.25) is 0 Å². The van der Waals surface area contributed by atoms with Crippen molar-refractivity contribution in [2.45, 2.75) is 33.7 Å². The third-order valence-corrected chi connectivity index (χ3v) is 4.98. The summed E-state index contributed by atoms with van der Waals surface area (Å²) in [5.41, 5.74) is 3.66. The highest BCUT2D eigenvalue weighted by atomic mass is 79.9. The minimum atomic E-state index is -0.101. The summed E-state index contributed by atoms with van der Waals surface area (Å²) in [5, 5.41) is 2.97. The molecule has 0 radical (unpaired) electrons. The second kappa shape index (κ2) is 6.36. The molecule has 0 spiro atoms. The van der Waals surface area contributed by atoms with Gasteiger partial charge in [0.1, 0.15) is 5.69 Å². The van der Waals surface area contributed by atoms with Crippen molar-refractivity contribution in [1.82, 2.24) is 4.57 Å². The second-order valence-electron chi connectivity index (χ2n) is 5.42. The standard InChI is InChI=1S/C16H18Br2N2O/c1-9(2)20-8-12(17)7-14(20)16(21)19-13-5-10(3)15(18)11(4)6-13/h5-9H,1-4H3,(H,19,21). The van der Waals surface area contributed by atoms with Crippen LogP contribution in [0.4, 0.5) is 5.69 Å². The fourth-order valence-corrected chi connectivity index (χ4v) is 2.93. The molecule has 0 fully saturated rings. The number of carbonyl (C=O) groups excluding carboxylic acids is 1. The number of hydrogen-bond acceptors (Lipinski definition) is 1. The normalized spacial score (nSPS) is 11.0. The number of carbonyl (C=O) groups is 1. The molecule has 0 aliphatic rings. The lowest BCUT2D eigenvalue weighted by Gasteiger charge is -2.14. The van der Waals surface area contributed by atoms with Gasteiger partial charge in [-0.1, -0.05) is 15.9 Å². The summed E-state index contributed by atoms with van der Waals surface area (Å²) in [6.45, 7) is 8.13. The van der Waals surface area contributed by atoms with Gasteiger partial charge in [0.05, 0.1) is 0 Å². The van der Waals surface area contributed by atoms with Crippen LogP contribution in [0.2, 0.25) is 0 Å². The van der Waals surface area contributed by atoms with E-state index >= 15 is 0 Å². The van der Waals surface area contributed by atoms with Gasteiger partial charge in [-0.15, -0.1) is 0 Å². The third kappa shape index (κ3) is 3.58. The molecule has 1 aromatic carbocycles. The minimum Gasteiger partial charge on any atom is -0.340 e. The quantitative estimate of drug-likeness (QED) is 0.711. The number of rotatable bonds is 3. The first-order valence-electron chi connectivity index (χ1n) is 6.75.